The Balaban J connectivity index is 1.62. The molecule has 0 saturated heterocycles. The molecular formula is C24H20N6O3. The Morgan fingerprint density at radius 3 is 2.64 bits per heavy atom. The molecule has 0 saturated carbocycles. The first-order valence-corrected chi connectivity index (χ1v) is 10.3. The molecule has 0 amide bonds. The summed E-state index contributed by atoms with van der Waals surface area (Å²) < 4.78 is 3.01. The highest BCUT2D eigenvalue weighted by Crippen LogP contribution is 2.23. The van der Waals surface area contributed by atoms with E-state index in [1.165, 1.54) is 4.57 Å². The van der Waals surface area contributed by atoms with E-state index in [9.17, 15) is 14.7 Å². The molecular weight excluding hydrogens is 420 g/mol. The van der Waals surface area contributed by atoms with E-state index in [0.29, 0.717) is 12.5 Å². The molecule has 0 atom stereocenters. The fourth-order valence-electron chi connectivity index (χ4n) is 3.80. The Hall–Kier alpha value is -4.66. The Labute approximate surface area is 187 Å². The van der Waals surface area contributed by atoms with Gasteiger partial charge in [-0.05, 0) is 46.2 Å². The molecule has 2 aromatic heterocycles. The largest absolute Gasteiger partial charge is 0.508 e. The SMILES string of the molecule is Cn1c(=O)[nH]c(=O)c2c1nc(NN=Cc1ccc(O)cc1)n2Cc1cccc2ccccc12. The first-order valence-electron chi connectivity index (χ1n) is 10.3. The predicted octanol–water partition coefficient (Wildman–Crippen LogP) is 2.78. The number of H-pyrrole nitrogens is 1. The molecule has 9 nitrogen and oxygen atoms in total. The Kier molecular flexibility index (Phi) is 4.98. The summed E-state index contributed by atoms with van der Waals surface area (Å²) >= 11 is 0. The number of aromatic amines is 1. The summed E-state index contributed by atoms with van der Waals surface area (Å²) in [5.74, 6) is 0.483. The highest BCUT2D eigenvalue weighted by atomic mass is 16.3. The number of fused-ring (bicyclic) bond motifs is 2. The van der Waals surface area contributed by atoms with E-state index in [-0.39, 0.29) is 16.9 Å². The lowest BCUT2D eigenvalue weighted by molar-refractivity contribution is 0.475. The minimum Gasteiger partial charge on any atom is -0.508 e. The maximum atomic E-state index is 12.7. The van der Waals surface area contributed by atoms with Crippen LogP contribution in [0.15, 0.2) is 81.4 Å². The zero-order chi connectivity index (χ0) is 22.9. The number of phenolic OH excluding ortho intramolecular Hbond substituents is 1. The predicted molar refractivity (Wildman–Crippen MR) is 128 cm³/mol. The number of benzene rings is 3. The number of hydrogen-bond donors (Lipinski definition) is 3. The van der Waals surface area contributed by atoms with Crippen LogP contribution in [0.4, 0.5) is 5.95 Å². The summed E-state index contributed by atoms with van der Waals surface area (Å²) in [5.41, 5.74) is 4.13. The third kappa shape index (κ3) is 3.76. The number of nitrogens with zero attached hydrogens (tertiary/aromatic N) is 4. The molecule has 0 unspecified atom stereocenters. The number of hydrazone groups is 1. The fourth-order valence-corrected chi connectivity index (χ4v) is 3.80. The van der Waals surface area contributed by atoms with E-state index < -0.39 is 11.2 Å². The van der Waals surface area contributed by atoms with Gasteiger partial charge in [0.25, 0.3) is 5.56 Å². The van der Waals surface area contributed by atoms with E-state index in [0.717, 1.165) is 21.9 Å². The normalized spacial score (nSPS) is 11.5. The summed E-state index contributed by atoms with van der Waals surface area (Å²) in [7, 11) is 1.55. The van der Waals surface area contributed by atoms with Crippen molar-refractivity contribution in [1.82, 2.24) is 19.1 Å². The number of imidazole rings is 1. The van der Waals surface area contributed by atoms with Crippen molar-refractivity contribution in [2.45, 2.75) is 6.54 Å². The third-order valence-corrected chi connectivity index (χ3v) is 5.49. The number of anilines is 1. The van der Waals surface area contributed by atoms with Gasteiger partial charge in [0.2, 0.25) is 5.95 Å². The van der Waals surface area contributed by atoms with E-state index in [4.69, 9.17) is 0 Å². The summed E-state index contributed by atoms with van der Waals surface area (Å²) in [4.78, 5) is 31.7. The maximum absolute atomic E-state index is 12.7. The van der Waals surface area contributed by atoms with Gasteiger partial charge in [-0.3, -0.25) is 18.9 Å². The first-order chi connectivity index (χ1) is 16.0. The zero-order valence-corrected chi connectivity index (χ0v) is 17.7. The second-order valence-corrected chi connectivity index (χ2v) is 7.61. The van der Waals surface area contributed by atoms with Gasteiger partial charge in [0.15, 0.2) is 11.2 Å². The fraction of sp³-hybridized carbons (Fsp3) is 0.0833. The lowest BCUT2D eigenvalue weighted by atomic mass is 10.0. The molecule has 33 heavy (non-hydrogen) atoms. The van der Waals surface area contributed by atoms with Crippen LogP contribution in [0.5, 0.6) is 5.75 Å². The molecule has 0 aliphatic heterocycles. The number of aromatic nitrogens is 4. The van der Waals surface area contributed by atoms with Crippen LogP contribution in [0, 0.1) is 0 Å². The maximum Gasteiger partial charge on any atom is 0.329 e. The van der Waals surface area contributed by atoms with Crippen molar-refractivity contribution >= 4 is 34.1 Å². The third-order valence-electron chi connectivity index (χ3n) is 5.49. The van der Waals surface area contributed by atoms with Gasteiger partial charge in [0.05, 0.1) is 12.8 Å². The van der Waals surface area contributed by atoms with E-state index in [1.807, 2.05) is 42.5 Å². The number of rotatable bonds is 5. The molecule has 0 bridgehead atoms. The average molecular weight is 440 g/mol. The number of aryl methyl sites for hydroxylation is 1. The molecule has 3 N–H and O–H groups in total. The van der Waals surface area contributed by atoms with E-state index in [1.54, 1.807) is 42.1 Å². The van der Waals surface area contributed by atoms with Crippen LogP contribution in [0.1, 0.15) is 11.1 Å². The van der Waals surface area contributed by atoms with Crippen LogP contribution in [-0.2, 0) is 13.6 Å². The molecule has 3 aromatic carbocycles. The lowest BCUT2D eigenvalue weighted by Gasteiger charge is -2.11. The summed E-state index contributed by atoms with van der Waals surface area (Å²) in [6, 6.07) is 20.5. The highest BCUT2D eigenvalue weighted by Gasteiger charge is 2.18. The van der Waals surface area contributed by atoms with Crippen LogP contribution in [0.3, 0.4) is 0 Å². The molecule has 0 spiro atoms. The molecule has 9 heteroatoms. The van der Waals surface area contributed by atoms with Gasteiger partial charge in [0.1, 0.15) is 5.75 Å². The van der Waals surface area contributed by atoms with E-state index >= 15 is 0 Å². The van der Waals surface area contributed by atoms with Crippen LogP contribution in [0.2, 0.25) is 0 Å². The molecule has 5 aromatic rings. The van der Waals surface area contributed by atoms with Crippen molar-refractivity contribution < 1.29 is 5.11 Å². The molecule has 0 aliphatic rings. The number of hydrogen-bond acceptors (Lipinski definition) is 6. The average Bonchev–Trinajstić information content (AvgIpc) is 3.18. The lowest BCUT2D eigenvalue weighted by Crippen LogP contribution is -2.29. The minimum absolute atomic E-state index is 0.164. The Morgan fingerprint density at radius 2 is 1.82 bits per heavy atom. The van der Waals surface area contributed by atoms with Gasteiger partial charge in [-0.25, -0.2) is 10.2 Å². The zero-order valence-electron chi connectivity index (χ0n) is 17.7. The van der Waals surface area contributed by atoms with Gasteiger partial charge >= 0.3 is 5.69 Å². The van der Waals surface area contributed by atoms with Crippen molar-refractivity contribution in [3.05, 3.63) is 98.7 Å². The summed E-state index contributed by atoms with van der Waals surface area (Å²) in [6.45, 7) is 0.343. The number of aromatic hydroxyl groups is 1. The van der Waals surface area contributed by atoms with Crippen LogP contribution in [-0.4, -0.2) is 30.4 Å². The van der Waals surface area contributed by atoms with Crippen LogP contribution < -0.4 is 16.7 Å². The van der Waals surface area contributed by atoms with Crippen molar-refractivity contribution in [3.8, 4) is 5.75 Å². The topological polar surface area (TPSA) is 117 Å². The van der Waals surface area contributed by atoms with Crippen molar-refractivity contribution in [2.24, 2.45) is 12.1 Å². The monoisotopic (exact) mass is 440 g/mol. The van der Waals surface area contributed by atoms with Crippen LogP contribution >= 0.6 is 0 Å². The molecule has 2 heterocycles. The van der Waals surface area contributed by atoms with Gasteiger partial charge in [-0.1, -0.05) is 42.5 Å². The second-order valence-electron chi connectivity index (χ2n) is 7.61. The smallest absolute Gasteiger partial charge is 0.329 e. The Morgan fingerprint density at radius 1 is 1.06 bits per heavy atom. The molecule has 0 aliphatic carbocycles. The van der Waals surface area contributed by atoms with Crippen molar-refractivity contribution in [3.63, 3.8) is 0 Å². The van der Waals surface area contributed by atoms with Gasteiger partial charge in [-0.2, -0.15) is 10.1 Å². The minimum atomic E-state index is -0.540. The standard InChI is InChI=1S/C24H20N6O3/c1-29-21-20(22(32)27-24(29)33)30(14-17-7-4-6-16-5-2-3-8-19(16)17)23(26-21)28-25-13-15-9-11-18(31)12-10-15/h2-13,31H,14H2,1H3,(H,26,28)(H,27,32,33). The molecule has 0 fully saturated rings. The molecule has 0 radical (unpaired) electrons. The first kappa shape index (κ1) is 20.3. The van der Waals surface area contributed by atoms with Crippen molar-refractivity contribution in [1.29, 1.82) is 0 Å². The molecule has 5 rings (SSSR count). The van der Waals surface area contributed by atoms with E-state index in [2.05, 4.69) is 20.5 Å². The number of phenols is 1. The van der Waals surface area contributed by atoms with Gasteiger partial charge in [0, 0.05) is 7.05 Å². The quantitative estimate of drug-likeness (QED) is 0.287. The van der Waals surface area contributed by atoms with Crippen molar-refractivity contribution in [2.75, 3.05) is 5.43 Å². The highest BCUT2D eigenvalue weighted by molar-refractivity contribution is 5.86. The van der Waals surface area contributed by atoms with Crippen LogP contribution in [0.25, 0.3) is 21.9 Å². The Bertz CT molecular complexity index is 1620. The second kappa shape index (κ2) is 8.12. The van der Waals surface area contributed by atoms with Gasteiger partial charge < -0.3 is 5.11 Å². The summed E-state index contributed by atoms with van der Waals surface area (Å²) in [6.07, 6.45) is 1.57. The van der Waals surface area contributed by atoms with Gasteiger partial charge in [-0.15, -0.1) is 0 Å². The molecule has 164 valence electrons. The number of nitrogens with one attached hydrogen (secondary N) is 2. The summed E-state index contributed by atoms with van der Waals surface area (Å²) in [5, 5.41) is 15.8.